The van der Waals surface area contributed by atoms with E-state index in [1.54, 1.807) is 0 Å². The van der Waals surface area contributed by atoms with Crippen LogP contribution >= 0.6 is 0 Å². The Morgan fingerprint density at radius 3 is 2.69 bits per heavy atom. The Morgan fingerprint density at radius 2 is 2.15 bits per heavy atom. The Labute approximate surface area is 78.2 Å². The summed E-state index contributed by atoms with van der Waals surface area (Å²) in [6.07, 6.45) is 0. The van der Waals surface area contributed by atoms with Crippen LogP contribution in [0.2, 0.25) is 0 Å². The van der Waals surface area contributed by atoms with Gasteiger partial charge in [0.2, 0.25) is 5.90 Å². The minimum Gasteiger partial charge on any atom is -0.477 e. The van der Waals surface area contributed by atoms with Gasteiger partial charge in [0, 0.05) is 5.56 Å². The molecule has 0 saturated carbocycles. The predicted octanol–water partition coefficient (Wildman–Crippen LogP) is 1.65. The van der Waals surface area contributed by atoms with Gasteiger partial charge in [0.05, 0.1) is 6.61 Å². The molecule has 0 saturated heterocycles. The molecule has 3 nitrogen and oxygen atoms in total. The molecule has 70 valence electrons. The second-order valence-electron chi connectivity index (χ2n) is 2.68. The van der Waals surface area contributed by atoms with Crippen LogP contribution in [0.25, 0.3) is 0 Å². The lowest BCUT2D eigenvalue weighted by atomic mass is 10.1. The summed E-state index contributed by atoms with van der Waals surface area (Å²) in [4.78, 5) is 0. The average molecular weight is 178 g/mol. The summed E-state index contributed by atoms with van der Waals surface area (Å²) < 4.78 is 5.28. The summed E-state index contributed by atoms with van der Waals surface area (Å²) in [6, 6.07) is 7.85. The van der Waals surface area contributed by atoms with Crippen LogP contribution in [-0.2, 0) is 4.74 Å². The molecule has 0 aromatic heterocycles. The minimum absolute atomic E-state index is 0.501. The van der Waals surface area contributed by atoms with Crippen LogP contribution in [0.15, 0.2) is 29.4 Å². The standard InChI is InChI=1S/C10H14N2O/c1-3-13-10(12-11)9-7-5-4-6-8(9)2/h4-7H,3,11H2,1-2H3/b12-10+. The van der Waals surface area contributed by atoms with E-state index in [2.05, 4.69) is 5.10 Å². The first kappa shape index (κ1) is 9.58. The van der Waals surface area contributed by atoms with Crippen LogP contribution < -0.4 is 5.84 Å². The molecule has 0 radical (unpaired) electrons. The van der Waals surface area contributed by atoms with Gasteiger partial charge in [-0.1, -0.05) is 18.2 Å². The predicted molar refractivity (Wildman–Crippen MR) is 53.5 cm³/mol. The zero-order valence-electron chi connectivity index (χ0n) is 7.95. The van der Waals surface area contributed by atoms with E-state index in [-0.39, 0.29) is 0 Å². The van der Waals surface area contributed by atoms with Gasteiger partial charge in [-0.3, -0.25) is 0 Å². The fraction of sp³-hybridized carbons (Fsp3) is 0.300. The van der Waals surface area contributed by atoms with Gasteiger partial charge in [-0.15, -0.1) is 5.10 Å². The van der Waals surface area contributed by atoms with Crippen molar-refractivity contribution in [1.29, 1.82) is 0 Å². The lowest BCUT2D eigenvalue weighted by Crippen LogP contribution is -2.10. The quantitative estimate of drug-likeness (QED) is 0.324. The average Bonchev–Trinajstić information content (AvgIpc) is 2.16. The van der Waals surface area contributed by atoms with Gasteiger partial charge in [0.25, 0.3) is 0 Å². The smallest absolute Gasteiger partial charge is 0.237 e. The van der Waals surface area contributed by atoms with Crippen molar-refractivity contribution in [2.75, 3.05) is 6.61 Å². The number of benzene rings is 1. The van der Waals surface area contributed by atoms with Crippen LogP contribution in [0.3, 0.4) is 0 Å². The molecule has 0 spiro atoms. The first-order chi connectivity index (χ1) is 6.29. The van der Waals surface area contributed by atoms with Crippen molar-refractivity contribution < 1.29 is 4.74 Å². The third-order valence-electron chi connectivity index (χ3n) is 1.77. The highest BCUT2D eigenvalue weighted by Gasteiger charge is 2.05. The number of nitrogens with two attached hydrogens (primary N) is 1. The normalized spacial score (nSPS) is 11.4. The lowest BCUT2D eigenvalue weighted by molar-refractivity contribution is 0.327. The molecule has 0 fully saturated rings. The molecule has 0 atom stereocenters. The Morgan fingerprint density at radius 1 is 1.46 bits per heavy atom. The van der Waals surface area contributed by atoms with Crippen LogP contribution in [0, 0.1) is 6.92 Å². The maximum absolute atomic E-state index is 5.28. The molecule has 2 N–H and O–H groups in total. The Hall–Kier alpha value is -1.51. The van der Waals surface area contributed by atoms with Crippen molar-refractivity contribution in [1.82, 2.24) is 0 Å². The summed E-state index contributed by atoms with van der Waals surface area (Å²) in [7, 11) is 0. The molecule has 13 heavy (non-hydrogen) atoms. The van der Waals surface area contributed by atoms with E-state index in [0.717, 1.165) is 11.1 Å². The molecular weight excluding hydrogens is 164 g/mol. The third-order valence-corrected chi connectivity index (χ3v) is 1.77. The van der Waals surface area contributed by atoms with Gasteiger partial charge >= 0.3 is 0 Å². The molecule has 0 amide bonds. The number of rotatable bonds is 2. The second kappa shape index (κ2) is 4.50. The molecule has 0 heterocycles. The maximum atomic E-state index is 5.28. The van der Waals surface area contributed by atoms with Crippen molar-refractivity contribution in [3.63, 3.8) is 0 Å². The molecular formula is C10H14N2O. The SMILES string of the molecule is CCO/C(=N/N)c1ccccc1C. The molecule has 0 bridgehead atoms. The monoisotopic (exact) mass is 178 g/mol. The number of hydrogen-bond acceptors (Lipinski definition) is 3. The Balaban J connectivity index is 2.99. The minimum atomic E-state index is 0.501. The van der Waals surface area contributed by atoms with Crippen molar-refractivity contribution in [2.24, 2.45) is 10.9 Å². The van der Waals surface area contributed by atoms with E-state index in [0.29, 0.717) is 12.5 Å². The van der Waals surface area contributed by atoms with Crippen LogP contribution in [-0.4, -0.2) is 12.5 Å². The molecule has 0 aliphatic carbocycles. The number of ether oxygens (including phenoxy) is 1. The Bertz CT molecular complexity index is 308. The van der Waals surface area contributed by atoms with Crippen LogP contribution in [0.5, 0.6) is 0 Å². The first-order valence-electron chi connectivity index (χ1n) is 4.26. The number of aryl methyl sites for hydroxylation is 1. The van der Waals surface area contributed by atoms with Gasteiger partial charge in [0.1, 0.15) is 0 Å². The highest BCUT2D eigenvalue weighted by molar-refractivity contribution is 5.95. The van der Waals surface area contributed by atoms with E-state index in [9.17, 15) is 0 Å². The third kappa shape index (κ3) is 2.21. The fourth-order valence-electron chi connectivity index (χ4n) is 1.13. The molecule has 3 heteroatoms. The number of hydrazone groups is 1. The van der Waals surface area contributed by atoms with E-state index in [4.69, 9.17) is 10.6 Å². The van der Waals surface area contributed by atoms with Crippen molar-refractivity contribution in [3.8, 4) is 0 Å². The van der Waals surface area contributed by atoms with Crippen molar-refractivity contribution in [3.05, 3.63) is 35.4 Å². The van der Waals surface area contributed by atoms with Crippen LogP contribution in [0.1, 0.15) is 18.1 Å². The molecule has 0 aliphatic rings. The highest BCUT2D eigenvalue weighted by atomic mass is 16.5. The highest BCUT2D eigenvalue weighted by Crippen LogP contribution is 2.08. The van der Waals surface area contributed by atoms with E-state index < -0.39 is 0 Å². The van der Waals surface area contributed by atoms with Gasteiger partial charge in [-0.25, -0.2) is 0 Å². The number of nitrogens with zero attached hydrogens (tertiary/aromatic N) is 1. The largest absolute Gasteiger partial charge is 0.477 e. The maximum Gasteiger partial charge on any atom is 0.237 e. The zero-order chi connectivity index (χ0) is 9.68. The summed E-state index contributed by atoms with van der Waals surface area (Å²) in [6.45, 7) is 4.48. The van der Waals surface area contributed by atoms with Crippen molar-refractivity contribution in [2.45, 2.75) is 13.8 Å². The van der Waals surface area contributed by atoms with Gasteiger partial charge < -0.3 is 10.6 Å². The Kier molecular flexibility index (Phi) is 3.31. The first-order valence-corrected chi connectivity index (χ1v) is 4.26. The molecule has 1 aromatic rings. The van der Waals surface area contributed by atoms with Gasteiger partial charge in [-0.05, 0) is 25.5 Å². The summed E-state index contributed by atoms with van der Waals surface area (Å²) in [5.74, 6) is 5.72. The lowest BCUT2D eigenvalue weighted by Gasteiger charge is -2.07. The van der Waals surface area contributed by atoms with Gasteiger partial charge in [0.15, 0.2) is 0 Å². The molecule has 0 aliphatic heterocycles. The molecule has 1 rings (SSSR count). The van der Waals surface area contributed by atoms with E-state index in [1.165, 1.54) is 0 Å². The second-order valence-corrected chi connectivity index (χ2v) is 2.68. The van der Waals surface area contributed by atoms with Crippen molar-refractivity contribution >= 4 is 5.90 Å². The topological polar surface area (TPSA) is 47.6 Å². The van der Waals surface area contributed by atoms with E-state index in [1.807, 2.05) is 38.1 Å². The summed E-state index contributed by atoms with van der Waals surface area (Å²) in [5, 5.41) is 3.60. The van der Waals surface area contributed by atoms with E-state index >= 15 is 0 Å². The summed E-state index contributed by atoms with van der Waals surface area (Å²) >= 11 is 0. The fourth-order valence-corrected chi connectivity index (χ4v) is 1.13. The molecule has 0 unspecified atom stereocenters. The number of hydrogen-bond donors (Lipinski definition) is 1. The van der Waals surface area contributed by atoms with Crippen LogP contribution in [0.4, 0.5) is 0 Å². The molecule has 1 aromatic carbocycles. The zero-order valence-corrected chi connectivity index (χ0v) is 7.95. The van der Waals surface area contributed by atoms with Gasteiger partial charge in [-0.2, -0.15) is 0 Å². The summed E-state index contributed by atoms with van der Waals surface area (Å²) in [5.41, 5.74) is 2.06.